The molecule has 5 nitrogen and oxygen atoms in total. The van der Waals surface area contributed by atoms with Gasteiger partial charge in [-0.3, -0.25) is 4.68 Å². The molecule has 0 radical (unpaired) electrons. The Kier molecular flexibility index (Phi) is 4.13. The molecule has 0 unspecified atom stereocenters. The second-order valence-corrected chi connectivity index (χ2v) is 6.02. The highest BCUT2D eigenvalue weighted by molar-refractivity contribution is 4.95. The monoisotopic (exact) mass is 264 g/mol. The zero-order chi connectivity index (χ0) is 13.1. The fourth-order valence-electron chi connectivity index (χ4n) is 2.90. The second kappa shape index (κ2) is 6.01. The van der Waals surface area contributed by atoms with E-state index >= 15 is 0 Å². The summed E-state index contributed by atoms with van der Waals surface area (Å²) in [4.78, 5) is 0. The van der Waals surface area contributed by atoms with Crippen LogP contribution >= 0.6 is 0 Å². The van der Waals surface area contributed by atoms with E-state index in [0.717, 1.165) is 49.5 Å². The minimum atomic E-state index is 0.206. The summed E-state index contributed by atoms with van der Waals surface area (Å²) in [5.41, 5.74) is 1.00. The van der Waals surface area contributed by atoms with Crippen LogP contribution in [-0.2, 0) is 13.1 Å². The van der Waals surface area contributed by atoms with E-state index in [1.54, 1.807) is 0 Å². The Hall–Kier alpha value is -0.940. The fourth-order valence-corrected chi connectivity index (χ4v) is 2.90. The lowest BCUT2D eigenvalue weighted by molar-refractivity contribution is 0.276. The van der Waals surface area contributed by atoms with E-state index in [9.17, 15) is 0 Å². The number of aliphatic hydroxyl groups excluding tert-OH is 1. The predicted molar refractivity (Wildman–Crippen MR) is 72.4 cm³/mol. The van der Waals surface area contributed by atoms with E-state index in [2.05, 4.69) is 15.6 Å². The Bertz CT molecular complexity index is 386. The van der Waals surface area contributed by atoms with Crippen molar-refractivity contribution in [3.8, 4) is 0 Å². The summed E-state index contributed by atoms with van der Waals surface area (Å²) in [6.07, 6.45) is 8.49. The smallest absolute Gasteiger partial charge is 0.0964 e. The van der Waals surface area contributed by atoms with Gasteiger partial charge >= 0.3 is 0 Å². The number of aryl methyl sites for hydroxylation is 1. The summed E-state index contributed by atoms with van der Waals surface area (Å²) in [6.45, 7) is 2.90. The maximum Gasteiger partial charge on any atom is 0.0964 e. The van der Waals surface area contributed by atoms with Gasteiger partial charge in [-0.05, 0) is 56.4 Å². The van der Waals surface area contributed by atoms with Gasteiger partial charge in [-0.1, -0.05) is 5.21 Å². The highest BCUT2D eigenvalue weighted by Crippen LogP contribution is 2.48. The fraction of sp³-hybridized carbons (Fsp3) is 0.857. The Morgan fingerprint density at radius 1 is 1.32 bits per heavy atom. The van der Waals surface area contributed by atoms with Gasteiger partial charge in [-0.15, -0.1) is 5.10 Å². The van der Waals surface area contributed by atoms with E-state index in [1.807, 2.05) is 10.9 Å². The SMILES string of the molecule is OCCCn1cc(CNCC(C2CC2)C2CC2)nn1. The summed E-state index contributed by atoms with van der Waals surface area (Å²) in [5, 5.41) is 20.5. The molecule has 5 heteroatoms. The molecule has 0 spiro atoms. The third-order valence-corrected chi connectivity index (χ3v) is 4.27. The van der Waals surface area contributed by atoms with Crippen LogP contribution in [0.4, 0.5) is 0 Å². The van der Waals surface area contributed by atoms with Crippen molar-refractivity contribution in [2.75, 3.05) is 13.2 Å². The summed E-state index contributed by atoms with van der Waals surface area (Å²) in [6, 6.07) is 0. The third kappa shape index (κ3) is 3.76. The van der Waals surface area contributed by atoms with Gasteiger partial charge in [0.05, 0.1) is 5.69 Å². The molecule has 2 N–H and O–H groups in total. The van der Waals surface area contributed by atoms with Crippen molar-refractivity contribution in [1.82, 2.24) is 20.3 Å². The number of hydrogen-bond donors (Lipinski definition) is 2. The molecule has 2 aliphatic rings. The van der Waals surface area contributed by atoms with Crippen LogP contribution in [0.2, 0.25) is 0 Å². The molecule has 0 bridgehead atoms. The van der Waals surface area contributed by atoms with Crippen molar-refractivity contribution in [2.45, 2.75) is 45.2 Å². The standard InChI is InChI=1S/C14H24N4O/c19-7-1-6-18-10-13(16-17-18)8-15-9-14(11-2-3-11)12-4-5-12/h10-12,14-15,19H,1-9H2. The third-order valence-electron chi connectivity index (χ3n) is 4.27. The molecule has 0 aliphatic heterocycles. The molecule has 1 aromatic heterocycles. The Morgan fingerprint density at radius 3 is 2.68 bits per heavy atom. The average molecular weight is 264 g/mol. The Morgan fingerprint density at radius 2 is 2.05 bits per heavy atom. The molecule has 2 saturated carbocycles. The van der Waals surface area contributed by atoms with Gasteiger partial charge in [0.1, 0.15) is 0 Å². The van der Waals surface area contributed by atoms with Crippen LogP contribution in [0.25, 0.3) is 0 Å². The lowest BCUT2D eigenvalue weighted by atomic mass is 9.98. The number of hydrogen-bond acceptors (Lipinski definition) is 4. The second-order valence-electron chi connectivity index (χ2n) is 6.02. The van der Waals surface area contributed by atoms with Crippen molar-refractivity contribution in [2.24, 2.45) is 17.8 Å². The Labute approximate surface area is 114 Å². The van der Waals surface area contributed by atoms with Crippen LogP contribution in [0.15, 0.2) is 6.20 Å². The van der Waals surface area contributed by atoms with E-state index in [0.29, 0.717) is 0 Å². The van der Waals surface area contributed by atoms with Crippen LogP contribution < -0.4 is 5.32 Å². The molecule has 3 rings (SSSR count). The predicted octanol–water partition coefficient (Wildman–Crippen LogP) is 1.19. The first-order chi connectivity index (χ1) is 9.36. The van der Waals surface area contributed by atoms with Crippen LogP contribution in [0.5, 0.6) is 0 Å². The minimum Gasteiger partial charge on any atom is -0.396 e. The first-order valence-electron chi connectivity index (χ1n) is 7.57. The largest absolute Gasteiger partial charge is 0.396 e. The molecule has 1 aromatic rings. The molecule has 2 aliphatic carbocycles. The number of aromatic nitrogens is 3. The van der Waals surface area contributed by atoms with E-state index < -0.39 is 0 Å². The molecule has 0 amide bonds. The normalized spacial score (nSPS) is 19.3. The number of nitrogens with zero attached hydrogens (tertiary/aromatic N) is 3. The maximum atomic E-state index is 8.78. The van der Waals surface area contributed by atoms with Crippen molar-refractivity contribution >= 4 is 0 Å². The van der Waals surface area contributed by atoms with E-state index in [4.69, 9.17) is 5.11 Å². The van der Waals surface area contributed by atoms with Gasteiger partial charge in [0.2, 0.25) is 0 Å². The molecular weight excluding hydrogens is 240 g/mol. The summed E-state index contributed by atoms with van der Waals surface area (Å²) in [5.74, 6) is 2.91. The van der Waals surface area contributed by atoms with Gasteiger partial charge in [-0.2, -0.15) is 0 Å². The van der Waals surface area contributed by atoms with Crippen LogP contribution in [0, 0.1) is 17.8 Å². The van der Waals surface area contributed by atoms with Crippen molar-refractivity contribution in [3.63, 3.8) is 0 Å². The molecule has 0 saturated heterocycles. The highest BCUT2D eigenvalue weighted by Gasteiger charge is 2.40. The lowest BCUT2D eigenvalue weighted by Crippen LogP contribution is -2.25. The lowest BCUT2D eigenvalue weighted by Gasteiger charge is -2.15. The zero-order valence-corrected chi connectivity index (χ0v) is 11.5. The van der Waals surface area contributed by atoms with Crippen LogP contribution in [0.1, 0.15) is 37.8 Å². The van der Waals surface area contributed by atoms with Gasteiger partial charge in [0, 0.05) is 25.9 Å². The number of aliphatic hydroxyl groups is 1. The molecule has 19 heavy (non-hydrogen) atoms. The molecule has 0 atom stereocenters. The quantitative estimate of drug-likeness (QED) is 0.703. The Balaban J connectivity index is 1.40. The van der Waals surface area contributed by atoms with Gasteiger partial charge in [0.15, 0.2) is 0 Å². The van der Waals surface area contributed by atoms with Crippen LogP contribution in [-0.4, -0.2) is 33.3 Å². The van der Waals surface area contributed by atoms with Crippen molar-refractivity contribution < 1.29 is 5.11 Å². The first-order valence-corrected chi connectivity index (χ1v) is 7.57. The molecular formula is C14H24N4O. The molecule has 0 aromatic carbocycles. The first kappa shape index (κ1) is 13.1. The van der Waals surface area contributed by atoms with Gasteiger partial charge in [0.25, 0.3) is 0 Å². The average Bonchev–Trinajstić information content (AvgIpc) is 3.32. The molecule has 106 valence electrons. The zero-order valence-electron chi connectivity index (χ0n) is 11.5. The van der Waals surface area contributed by atoms with Gasteiger partial charge < -0.3 is 10.4 Å². The molecule has 2 fully saturated rings. The van der Waals surface area contributed by atoms with Gasteiger partial charge in [-0.25, -0.2) is 0 Å². The van der Waals surface area contributed by atoms with E-state index in [1.165, 1.54) is 25.7 Å². The molecule has 1 heterocycles. The van der Waals surface area contributed by atoms with Crippen molar-refractivity contribution in [1.29, 1.82) is 0 Å². The summed E-state index contributed by atoms with van der Waals surface area (Å²) >= 11 is 0. The highest BCUT2D eigenvalue weighted by atomic mass is 16.3. The maximum absolute atomic E-state index is 8.78. The number of nitrogens with one attached hydrogen (secondary N) is 1. The summed E-state index contributed by atoms with van der Waals surface area (Å²) in [7, 11) is 0. The summed E-state index contributed by atoms with van der Waals surface area (Å²) < 4.78 is 1.81. The van der Waals surface area contributed by atoms with E-state index in [-0.39, 0.29) is 6.61 Å². The van der Waals surface area contributed by atoms with Crippen molar-refractivity contribution in [3.05, 3.63) is 11.9 Å². The van der Waals surface area contributed by atoms with Crippen LogP contribution in [0.3, 0.4) is 0 Å². The number of rotatable bonds is 9. The minimum absolute atomic E-state index is 0.206. The topological polar surface area (TPSA) is 63.0 Å².